The smallest absolute Gasteiger partial charge is 0.224 e. The third kappa shape index (κ3) is 3.22. The first-order valence-corrected chi connectivity index (χ1v) is 7.76. The predicted octanol–water partition coefficient (Wildman–Crippen LogP) is 2.75. The molecular formula is C15H17N3O2S. The molecule has 0 aliphatic carbocycles. The van der Waals surface area contributed by atoms with Crippen LogP contribution in [0.15, 0.2) is 23.6 Å². The normalized spacial score (nSPS) is 13.7. The molecule has 5 nitrogen and oxygen atoms in total. The van der Waals surface area contributed by atoms with E-state index in [2.05, 4.69) is 21.7 Å². The molecular weight excluding hydrogens is 286 g/mol. The van der Waals surface area contributed by atoms with Gasteiger partial charge in [0.05, 0.1) is 12.3 Å². The minimum atomic E-state index is 0.0912. The first kappa shape index (κ1) is 14.0. The van der Waals surface area contributed by atoms with Gasteiger partial charge in [0, 0.05) is 36.7 Å². The zero-order chi connectivity index (χ0) is 14.7. The van der Waals surface area contributed by atoms with E-state index in [-0.39, 0.29) is 5.91 Å². The molecule has 3 rings (SSSR count). The average Bonchev–Trinajstić information content (AvgIpc) is 2.96. The Labute approximate surface area is 127 Å². The minimum Gasteiger partial charge on any atom is -0.383 e. The van der Waals surface area contributed by atoms with Gasteiger partial charge in [-0.15, -0.1) is 11.3 Å². The number of carbonyl (C=O) groups excluding carboxylic acids is 1. The highest BCUT2D eigenvalue weighted by molar-refractivity contribution is 7.14. The molecule has 0 unspecified atom stereocenters. The van der Waals surface area contributed by atoms with Crippen molar-refractivity contribution in [1.29, 1.82) is 0 Å². The van der Waals surface area contributed by atoms with Gasteiger partial charge in [0.2, 0.25) is 5.91 Å². The lowest BCUT2D eigenvalue weighted by Crippen LogP contribution is -2.18. The van der Waals surface area contributed by atoms with E-state index < -0.39 is 0 Å². The van der Waals surface area contributed by atoms with Crippen LogP contribution in [-0.4, -0.2) is 31.2 Å². The number of benzene rings is 1. The van der Waals surface area contributed by atoms with Crippen LogP contribution >= 0.6 is 11.3 Å². The van der Waals surface area contributed by atoms with Crippen molar-refractivity contribution in [2.24, 2.45) is 0 Å². The van der Waals surface area contributed by atoms with Crippen molar-refractivity contribution in [2.75, 3.05) is 30.9 Å². The maximum absolute atomic E-state index is 11.4. The Balaban J connectivity index is 1.76. The molecule has 0 radical (unpaired) electrons. The largest absolute Gasteiger partial charge is 0.383 e. The molecule has 2 N–H and O–H groups in total. The van der Waals surface area contributed by atoms with E-state index in [0.717, 1.165) is 35.0 Å². The second-order valence-corrected chi connectivity index (χ2v) is 5.74. The standard InChI is InChI=1S/C15H17N3O2S/c1-20-7-6-16-15-18-13(9-21-15)11-2-4-12-10(8-11)3-5-14(19)17-12/h2,4,8-9H,3,5-7H2,1H3,(H,16,18)(H,17,19). The van der Waals surface area contributed by atoms with Crippen molar-refractivity contribution in [2.45, 2.75) is 12.8 Å². The second-order valence-electron chi connectivity index (χ2n) is 4.88. The molecule has 0 fully saturated rings. The summed E-state index contributed by atoms with van der Waals surface area (Å²) in [5, 5.41) is 9.06. The molecule has 2 heterocycles. The van der Waals surface area contributed by atoms with Gasteiger partial charge in [-0.05, 0) is 24.1 Å². The van der Waals surface area contributed by atoms with E-state index in [9.17, 15) is 4.79 Å². The zero-order valence-electron chi connectivity index (χ0n) is 11.8. The van der Waals surface area contributed by atoms with Crippen molar-refractivity contribution >= 4 is 28.1 Å². The van der Waals surface area contributed by atoms with Crippen LogP contribution in [0.2, 0.25) is 0 Å². The molecule has 0 atom stereocenters. The Morgan fingerprint density at radius 1 is 1.43 bits per heavy atom. The third-order valence-electron chi connectivity index (χ3n) is 3.38. The van der Waals surface area contributed by atoms with Gasteiger partial charge in [0.25, 0.3) is 0 Å². The minimum absolute atomic E-state index is 0.0912. The number of rotatable bonds is 5. The highest BCUT2D eigenvalue weighted by atomic mass is 32.1. The van der Waals surface area contributed by atoms with Gasteiger partial charge in [-0.3, -0.25) is 4.79 Å². The fourth-order valence-electron chi connectivity index (χ4n) is 2.29. The lowest BCUT2D eigenvalue weighted by atomic mass is 9.99. The highest BCUT2D eigenvalue weighted by Gasteiger charge is 2.15. The maximum atomic E-state index is 11.4. The van der Waals surface area contributed by atoms with Gasteiger partial charge >= 0.3 is 0 Å². The van der Waals surface area contributed by atoms with Crippen molar-refractivity contribution in [3.63, 3.8) is 0 Å². The number of anilines is 2. The number of nitrogens with one attached hydrogen (secondary N) is 2. The van der Waals surface area contributed by atoms with E-state index in [1.165, 1.54) is 5.56 Å². The number of thiazole rings is 1. The van der Waals surface area contributed by atoms with Crippen molar-refractivity contribution < 1.29 is 9.53 Å². The number of fused-ring (bicyclic) bond motifs is 1. The molecule has 0 saturated heterocycles. The van der Waals surface area contributed by atoms with Crippen molar-refractivity contribution in [3.8, 4) is 11.3 Å². The summed E-state index contributed by atoms with van der Waals surface area (Å²) in [5.41, 5.74) is 4.14. The van der Waals surface area contributed by atoms with Gasteiger partial charge in [0.15, 0.2) is 5.13 Å². The molecule has 1 amide bonds. The molecule has 0 bridgehead atoms. The molecule has 1 aromatic heterocycles. The molecule has 21 heavy (non-hydrogen) atoms. The summed E-state index contributed by atoms with van der Waals surface area (Å²) < 4.78 is 5.01. The molecule has 1 aliphatic rings. The van der Waals surface area contributed by atoms with Crippen LogP contribution in [0.1, 0.15) is 12.0 Å². The van der Waals surface area contributed by atoms with Gasteiger partial charge in [0.1, 0.15) is 0 Å². The van der Waals surface area contributed by atoms with E-state index in [1.807, 2.05) is 17.5 Å². The number of hydrogen-bond acceptors (Lipinski definition) is 5. The Morgan fingerprint density at radius 2 is 2.33 bits per heavy atom. The Kier molecular flexibility index (Phi) is 4.17. The van der Waals surface area contributed by atoms with Crippen LogP contribution in [0.5, 0.6) is 0 Å². The number of methoxy groups -OCH3 is 1. The van der Waals surface area contributed by atoms with Crippen LogP contribution in [0, 0.1) is 0 Å². The first-order chi connectivity index (χ1) is 10.3. The number of nitrogens with zero attached hydrogens (tertiary/aromatic N) is 1. The van der Waals surface area contributed by atoms with Crippen LogP contribution in [0.25, 0.3) is 11.3 Å². The van der Waals surface area contributed by atoms with Crippen LogP contribution < -0.4 is 10.6 Å². The summed E-state index contributed by atoms with van der Waals surface area (Å²) in [5.74, 6) is 0.0912. The number of ether oxygens (including phenoxy) is 1. The number of amides is 1. The summed E-state index contributed by atoms with van der Waals surface area (Å²) >= 11 is 1.59. The summed E-state index contributed by atoms with van der Waals surface area (Å²) in [6.45, 7) is 1.41. The lowest BCUT2D eigenvalue weighted by Gasteiger charge is -2.17. The Morgan fingerprint density at radius 3 is 3.19 bits per heavy atom. The molecule has 0 spiro atoms. The Bertz CT molecular complexity index is 654. The summed E-state index contributed by atoms with van der Waals surface area (Å²) in [6.07, 6.45) is 1.34. The van der Waals surface area contributed by atoms with Crippen LogP contribution in [0.3, 0.4) is 0 Å². The summed E-state index contributed by atoms with van der Waals surface area (Å²) in [4.78, 5) is 15.9. The highest BCUT2D eigenvalue weighted by Crippen LogP contribution is 2.30. The topological polar surface area (TPSA) is 63.2 Å². The first-order valence-electron chi connectivity index (χ1n) is 6.88. The lowest BCUT2D eigenvalue weighted by molar-refractivity contribution is -0.116. The van der Waals surface area contributed by atoms with Crippen LogP contribution in [0.4, 0.5) is 10.8 Å². The van der Waals surface area contributed by atoms with Crippen molar-refractivity contribution in [1.82, 2.24) is 4.98 Å². The maximum Gasteiger partial charge on any atom is 0.224 e. The van der Waals surface area contributed by atoms with Gasteiger partial charge in [-0.2, -0.15) is 0 Å². The second kappa shape index (κ2) is 6.24. The fraction of sp³-hybridized carbons (Fsp3) is 0.333. The summed E-state index contributed by atoms with van der Waals surface area (Å²) in [7, 11) is 1.68. The third-order valence-corrected chi connectivity index (χ3v) is 4.18. The molecule has 0 saturated carbocycles. The average molecular weight is 303 g/mol. The number of aromatic nitrogens is 1. The number of aryl methyl sites for hydroxylation is 1. The number of carbonyl (C=O) groups is 1. The van der Waals surface area contributed by atoms with Crippen molar-refractivity contribution in [3.05, 3.63) is 29.1 Å². The van der Waals surface area contributed by atoms with Gasteiger partial charge < -0.3 is 15.4 Å². The van der Waals surface area contributed by atoms with Gasteiger partial charge in [-0.25, -0.2) is 4.98 Å². The van der Waals surface area contributed by atoms with E-state index in [1.54, 1.807) is 18.4 Å². The fourth-order valence-corrected chi connectivity index (χ4v) is 3.04. The molecule has 110 valence electrons. The zero-order valence-corrected chi connectivity index (χ0v) is 12.6. The van der Waals surface area contributed by atoms with E-state index >= 15 is 0 Å². The molecule has 1 aromatic carbocycles. The quantitative estimate of drug-likeness (QED) is 0.834. The predicted molar refractivity (Wildman–Crippen MR) is 84.9 cm³/mol. The Hall–Kier alpha value is -1.92. The molecule has 6 heteroatoms. The van der Waals surface area contributed by atoms with Crippen LogP contribution in [-0.2, 0) is 16.0 Å². The number of hydrogen-bond donors (Lipinski definition) is 2. The van der Waals surface area contributed by atoms with Gasteiger partial charge in [-0.1, -0.05) is 6.07 Å². The summed E-state index contributed by atoms with van der Waals surface area (Å²) in [6, 6.07) is 6.07. The SMILES string of the molecule is COCCNc1nc(-c2ccc3c(c2)CCC(=O)N3)cs1. The molecule has 1 aliphatic heterocycles. The molecule has 2 aromatic rings. The monoisotopic (exact) mass is 303 g/mol. The van der Waals surface area contributed by atoms with E-state index in [4.69, 9.17) is 4.74 Å². The van der Waals surface area contributed by atoms with E-state index in [0.29, 0.717) is 13.0 Å².